The molecule has 3 atom stereocenters. The van der Waals surface area contributed by atoms with E-state index in [9.17, 15) is 4.79 Å². The first-order valence-corrected chi connectivity index (χ1v) is 7.52. The van der Waals surface area contributed by atoms with E-state index in [1.165, 1.54) is 0 Å². The normalized spacial score (nSPS) is 22.7. The highest BCUT2D eigenvalue weighted by Crippen LogP contribution is 2.34. The van der Waals surface area contributed by atoms with Crippen LogP contribution in [0.1, 0.15) is 42.7 Å². The van der Waals surface area contributed by atoms with Crippen molar-refractivity contribution in [3.63, 3.8) is 0 Å². The monoisotopic (exact) mass is 303 g/mol. The van der Waals surface area contributed by atoms with Crippen molar-refractivity contribution in [2.45, 2.75) is 32.4 Å². The highest BCUT2D eigenvalue weighted by Gasteiger charge is 2.37. The number of nitrogens with zero attached hydrogens (tertiary/aromatic N) is 2. The van der Waals surface area contributed by atoms with E-state index in [1.807, 2.05) is 39.1 Å². The second-order valence-corrected chi connectivity index (χ2v) is 5.74. The molecule has 1 aliphatic rings. The lowest BCUT2D eigenvalue weighted by Crippen LogP contribution is -2.34. The SMILES string of the molecule is Cc1ccc([C@@H](C)NC(=O)[C@@H]2CCO[C@H]2c2ccnn2C)o1. The molecule has 0 unspecified atom stereocenters. The number of hydrogen-bond donors (Lipinski definition) is 1. The quantitative estimate of drug-likeness (QED) is 0.940. The molecule has 1 fully saturated rings. The van der Waals surface area contributed by atoms with Gasteiger partial charge in [0.25, 0.3) is 0 Å². The van der Waals surface area contributed by atoms with Crippen molar-refractivity contribution < 1.29 is 13.9 Å². The zero-order valence-electron chi connectivity index (χ0n) is 13.1. The second kappa shape index (κ2) is 5.96. The smallest absolute Gasteiger partial charge is 0.226 e. The summed E-state index contributed by atoms with van der Waals surface area (Å²) in [6, 6.07) is 5.53. The van der Waals surface area contributed by atoms with Gasteiger partial charge in [-0.05, 0) is 38.5 Å². The Morgan fingerprint density at radius 3 is 2.91 bits per heavy atom. The van der Waals surface area contributed by atoms with Gasteiger partial charge in [-0.15, -0.1) is 0 Å². The lowest BCUT2D eigenvalue weighted by Gasteiger charge is -2.20. The molecular formula is C16H21N3O3. The van der Waals surface area contributed by atoms with E-state index >= 15 is 0 Å². The van der Waals surface area contributed by atoms with Gasteiger partial charge in [0.05, 0.1) is 17.7 Å². The maximum atomic E-state index is 12.6. The number of carbonyl (C=O) groups is 1. The predicted molar refractivity (Wildman–Crippen MR) is 80.0 cm³/mol. The topological polar surface area (TPSA) is 69.3 Å². The molecule has 22 heavy (non-hydrogen) atoms. The number of aryl methyl sites for hydroxylation is 2. The van der Waals surface area contributed by atoms with Gasteiger partial charge in [-0.1, -0.05) is 0 Å². The Balaban J connectivity index is 1.70. The standard InChI is InChI=1S/C16H21N3O3/c1-10-4-5-14(22-10)11(2)18-16(20)12-7-9-21-15(12)13-6-8-17-19(13)3/h4-6,8,11-12,15H,7,9H2,1-3H3,(H,18,20)/t11-,12-,15-/m1/s1. The molecule has 0 aliphatic carbocycles. The first-order chi connectivity index (χ1) is 10.6. The third-order valence-electron chi connectivity index (χ3n) is 4.13. The van der Waals surface area contributed by atoms with Gasteiger partial charge in [-0.2, -0.15) is 5.10 Å². The van der Waals surface area contributed by atoms with Crippen molar-refractivity contribution in [3.8, 4) is 0 Å². The van der Waals surface area contributed by atoms with E-state index in [0.717, 1.165) is 17.2 Å². The van der Waals surface area contributed by atoms with Crippen molar-refractivity contribution in [1.29, 1.82) is 0 Å². The van der Waals surface area contributed by atoms with E-state index in [0.29, 0.717) is 13.0 Å². The molecule has 2 aromatic heterocycles. The lowest BCUT2D eigenvalue weighted by molar-refractivity contribution is -0.127. The minimum atomic E-state index is -0.238. The van der Waals surface area contributed by atoms with Gasteiger partial charge in [-0.25, -0.2) is 0 Å². The summed E-state index contributed by atoms with van der Waals surface area (Å²) in [5.74, 6) is 1.40. The summed E-state index contributed by atoms with van der Waals surface area (Å²) in [6.45, 7) is 4.40. The van der Waals surface area contributed by atoms with Gasteiger partial charge >= 0.3 is 0 Å². The summed E-state index contributed by atoms with van der Waals surface area (Å²) in [5, 5.41) is 7.18. The van der Waals surface area contributed by atoms with Crippen LogP contribution in [0.25, 0.3) is 0 Å². The van der Waals surface area contributed by atoms with Gasteiger partial charge in [0, 0.05) is 19.9 Å². The maximum absolute atomic E-state index is 12.6. The number of aromatic nitrogens is 2. The van der Waals surface area contributed by atoms with Crippen LogP contribution < -0.4 is 5.32 Å². The first kappa shape index (κ1) is 14.8. The Bertz CT molecular complexity index is 661. The summed E-state index contributed by atoms with van der Waals surface area (Å²) in [7, 11) is 1.86. The van der Waals surface area contributed by atoms with Crippen molar-refractivity contribution in [2.24, 2.45) is 13.0 Å². The lowest BCUT2D eigenvalue weighted by atomic mass is 9.97. The number of carbonyl (C=O) groups excluding carboxylic acids is 1. The Kier molecular flexibility index (Phi) is 4.02. The van der Waals surface area contributed by atoms with Crippen molar-refractivity contribution in [1.82, 2.24) is 15.1 Å². The van der Waals surface area contributed by atoms with Crippen LogP contribution in [0.15, 0.2) is 28.8 Å². The molecule has 0 bridgehead atoms. The number of furan rings is 1. The predicted octanol–water partition coefficient (Wildman–Crippen LogP) is 2.28. The fourth-order valence-corrected chi connectivity index (χ4v) is 2.89. The van der Waals surface area contributed by atoms with E-state index in [1.54, 1.807) is 10.9 Å². The van der Waals surface area contributed by atoms with Gasteiger partial charge in [0.1, 0.15) is 17.6 Å². The average Bonchev–Trinajstić information content (AvgIpc) is 3.18. The van der Waals surface area contributed by atoms with Crippen LogP contribution in [-0.2, 0) is 16.6 Å². The summed E-state index contributed by atoms with van der Waals surface area (Å²) < 4.78 is 13.1. The van der Waals surface area contributed by atoms with E-state index in [4.69, 9.17) is 9.15 Å². The third-order valence-corrected chi connectivity index (χ3v) is 4.13. The minimum Gasteiger partial charge on any atom is -0.464 e. The summed E-state index contributed by atoms with van der Waals surface area (Å²) >= 11 is 0. The van der Waals surface area contributed by atoms with E-state index in [2.05, 4.69) is 10.4 Å². The molecule has 1 saturated heterocycles. The highest BCUT2D eigenvalue weighted by molar-refractivity contribution is 5.80. The van der Waals surface area contributed by atoms with Crippen molar-refractivity contribution >= 4 is 5.91 Å². The van der Waals surface area contributed by atoms with Gasteiger partial charge in [0.15, 0.2) is 0 Å². The number of ether oxygens (including phenoxy) is 1. The van der Waals surface area contributed by atoms with E-state index in [-0.39, 0.29) is 24.0 Å². The summed E-state index contributed by atoms with van der Waals surface area (Å²) in [5.41, 5.74) is 0.930. The van der Waals surface area contributed by atoms with Crippen LogP contribution in [0.2, 0.25) is 0 Å². The van der Waals surface area contributed by atoms with Crippen molar-refractivity contribution in [2.75, 3.05) is 6.61 Å². The number of amides is 1. The fraction of sp³-hybridized carbons (Fsp3) is 0.500. The molecule has 1 amide bonds. The van der Waals surface area contributed by atoms with Crippen LogP contribution in [-0.4, -0.2) is 22.3 Å². The largest absolute Gasteiger partial charge is 0.464 e. The van der Waals surface area contributed by atoms with Crippen LogP contribution >= 0.6 is 0 Å². The second-order valence-electron chi connectivity index (χ2n) is 5.74. The molecule has 0 spiro atoms. The van der Waals surface area contributed by atoms with Crippen LogP contribution in [0.5, 0.6) is 0 Å². The van der Waals surface area contributed by atoms with Gasteiger partial charge in [0.2, 0.25) is 5.91 Å². The Morgan fingerprint density at radius 1 is 1.45 bits per heavy atom. The molecule has 1 N–H and O–H groups in total. The van der Waals surface area contributed by atoms with Crippen LogP contribution in [0, 0.1) is 12.8 Å². The van der Waals surface area contributed by atoms with Gasteiger partial charge in [-0.3, -0.25) is 9.48 Å². The molecule has 6 heteroatoms. The average molecular weight is 303 g/mol. The molecule has 0 saturated carbocycles. The molecule has 0 aromatic carbocycles. The molecule has 1 aliphatic heterocycles. The number of hydrogen-bond acceptors (Lipinski definition) is 4. The zero-order valence-corrected chi connectivity index (χ0v) is 13.1. The number of rotatable bonds is 4. The summed E-state index contributed by atoms with van der Waals surface area (Å²) in [4.78, 5) is 12.6. The molecule has 6 nitrogen and oxygen atoms in total. The maximum Gasteiger partial charge on any atom is 0.226 e. The Morgan fingerprint density at radius 2 is 2.27 bits per heavy atom. The zero-order chi connectivity index (χ0) is 15.7. The molecule has 3 heterocycles. The molecule has 118 valence electrons. The highest BCUT2D eigenvalue weighted by atomic mass is 16.5. The molecule has 2 aromatic rings. The molecule has 0 radical (unpaired) electrons. The third kappa shape index (κ3) is 2.78. The Labute approximate surface area is 129 Å². The van der Waals surface area contributed by atoms with Crippen molar-refractivity contribution in [3.05, 3.63) is 41.6 Å². The molecule has 3 rings (SSSR count). The number of nitrogens with one attached hydrogen (secondary N) is 1. The van der Waals surface area contributed by atoms with Crippen LogP contribution in [0.4, 0.5) is 0 Å². The van der Waals surface area contributed by atoms with E-state index < -0.39 is 0 Å². The molecular weight excluding hydrogens is 282 g/mol. The van der Waals surface area contributed by atoms with Gasteiger partial charge < -0.3 is 14.5 Å². The summed E-state index contributed by atoms with van der Waals surface area (Å²) in [6.07, 6.45) is 2.20. The van der Waals surface area contributed by atoms with Crippen LogP contribution in [0.3, 0.4) is 0 Å². The Hall–Kier alpha value is -2.08. The minimum absolute atomic E-state index is 0.00902. The fourth-order valence-electron chi connectivity index (χ4n) is 2.89. The first-order valence-electron chi connectivity index (χ1n) is 7.52.